The highest BCUT2D eigenvalue weighted by molar-refractivity contribution is 5.80. The van der Waals surface area contributed by atoms with Crippen molar-refractivity contribution in [3.8, 4) is 0 Å². The second-order valence-electron chi connectivity index (χ2n) is 7.19. The summed E-state index contributed by atoms with van der Waals surface area (Å²) in [6, 6.07) is 0. The van der Waals surface area contributed by atoms with Crippen molar-refractivity contribution in [1.29, 1.82) is 0 Å². The molecule has 0 aromatic carbocycles. The summed E-state index contributed by atoms with van der Waals surface area (Å²) in [4.78, 5) is 17.4. The van der Waals surface area contributed by atoms with Crippen LogP contribution in [0.4, 0.5) is 0 Å². The summed E-state index contributed by atoms with van der Waals surface area (Å²) in [5, 5.41) is 4.35. The summed E-state index contributed by atoms with van der Waals surface area (Å²) in [6.45, 7) is 14.1. The highest BCUT2D eigenvalue weighted by Gasteiger charge is 2.37. The normalized spacial score (nSPS) is 25.1. The Labute approximate surface area is 150 Å². The zero-order chi connectivity index (χ0) is 17.8. The Bertz CT molecular complexity index is 612. The topological polar surface area (TPSA) is 50.6 Å². The maximum absolute atomic E-state index is 12.9. The Morgan fingerprint density at radius 3 is 2.92 bits per heavy atom. The predicted molar refractivity (Wildman–Crippen MR) is 97.0 cm³/mol. The molecule has 0 aliphatic carbocycles. The van der Waals surface area contributed by atoms with E-state index in [1.165, 1.54) is 5.56 Å². The van der Waals surface area contributed by atoms with Crippen molar-refractivity contribution in [2.45, 2.75) is 45.9 Å². The van der Waals surface area contributed by atoms with Gasteiger partial charge in [-0.1, -0.05) is 12.2 Å². The number of ether oxygens (including phenoxy) is 1. The van der Waals surface area contributed by atoms with Crippen molar-refractivity contribution in [3.05, 3.63) is 30.1 Å². The van der Waals surface area contributed by atoms with Gasteiger partial charge in [0.2, 0.25) is 5.91 Å². The van der Waals surface area contributed by atoms with Crippen molar-refractivity contribution >= 4 is 5.91 Å². The van der Waals surface area contributed by atoms with Gasteiger partial charge in [-0.15, -0.1) is 0 Å². The van der Waals surface area contributed by atoms with E-state index in [1.807, 2.05) is 22.7 Å². The molecule has 2 aliphatic rings. The van der Waals surface area contributed by atoms with Gasteiger partial charge in [-0.2, -0.15) is 5.10 Å². The predicted octanol–water partition coefficient (Wildman–Crippen LogP) is 1.92. The van der Waals surface area contributed by atoms with Crippen LogP contribution in [0.2, 0.25) is 0 Å². The standard InChI is InChI=1S/C19H30N4O2/c1-4-23-14-16(12-20-23)13-21-7-5-8-22(10-9-21)19(24)17-6-11-25-18(17)15(2)3/h12,14,17-18H,2,4-11,13H2,1,3H3/t17-,18-/m1/s1. The number of amides is 1. The number of aryl methyl sites for hydroxylation is 1. The minimum absolute atomic E-state index is 0.0492. The van der Waals surface area contributed by atoms with Crippen molar-refractivity contribution in [2.75, 3.05) is 32.8 Å². The van der Waals surface area contributed by atoms with Gasteiger partial charge in [0.1, 0.15) is 0 Å². The summed E-state index contributed by atoms with van der Waals surface area (Å²) in [7, 11) is 0. The second-order valence-corrected chi connectivity index (χ2v) is 7.19. The minimum atomic E-state index is -0.105. The zero-order valence-electron chi connectivity index (χ0n) is 15.5. The van der Waals surface area contributed by atoms with Crippen LogP contribution in [0.25, 0.3) is 0 Å². The molecule has 2 saturated heterocycles. The Morgan fingerprint density at radius 2 is 2.20 bits per heavy atom. The average molecular weight is 346 g/mol. The lowest BCUT2D eigenvalue weighted by atomic mass is 9.95. The molecule has 0 N–H and O–H groups in total. The fourth-order valence-electron chi connectivity index (χ4n) is 3.83. The second kappa shape index (κ2) is 8.15. The van der Waals surface area contributed by atoms with E-state index in [0.29, 0.717) is 6.61 Å². The molecule has 2 aliphatic heterocycles. The van der Waals surface area contributed by atoms with Gasteiger partial charge in [-0.25, -0.2) is 0 Å². The third-order valence-electron chi connectivity index (χ3n) is 5.21. The molecule has 6 heteroatoms. The Hall–Kier alpha value is -1.66. The van der Waals surface area contributed by atoms with Crippen molar-refractivity contribution in [2.24, 2.45) is 5.92 Å². The highest BCUT2D eigenvalue weighted by Crippen LogP contribution is 2.28. The van der Waals surface area contributed by atoms with Gasteiger partial charge in [0, 0.05) is 57.6 Å². The summed E-state index contributed by atoms with van der Waals surface area (Å²) < 4.78 is 7.68. The Morgan fingerprint density at radius 1 is 1.36 bits per heavy atom. The van der Waals surface area contributed by atoms with Crippen LogP contribution in [0.15, 0.2) is 24.5 Å². The van der Waals surface area contributed by atoms with Crippen LogP contribution in [0.3, 0.4) is 0 Å². The Kier molecular flexibility index (Phi) is 5.91. The molecule has 2 atom stereocenters. The van der Waals surface area contributed by atoms with E-state index in [0.717, 1.165) is 57.7 Å². The molecule has 3 heterocycles. The highest BCUT2D eigenvalue weighted by atomic mass is 16.5. The summed E-state index contributed by atoms with van der Waals surface area (Å²) in [6.07, 6.45) is 5.78. The van der Waals surface area contributed by atoms with Crippen LogP contribution in [0, 0.1) is 5.92 Å². The van der Waals surface area contributed by atoms with E-state index in [-0.39, 0.29) is 17.9 Å². The molecule has 0 spiro atoms. The molecule has 0 saturated carbocycles. The molecule has 1 amide bonds. The van der Waals surface area contributed by atoms with Gasteiger partial charge < -0.3 is 9.64 Å². The first-order chi connectivity index (χ1) is 12.1. The maximum atomic E-state index is 12.9. The summed E-state index contributed by atoms with van der Waals surface area (Å²) >= 11 is 0. The maximum Gasteiger partial charge on any atom is 0.228 e. The SMILES string of the molecule is C=C(C)[C@H]1OCC[C@H]1C(=O)N1CCCN(Cc2cnn(CC)c2)CC1. The van der Waals surface area contributed by atoms with E-state index in [4.69, 9.17) is 4.74 Å². The third kappa shape index (κ3) is 4.30. The molecule has 3 rings (SSSR count). The molecule has 1 aromatic rings. The largest absolute Gasteiger partial charge is 0.373 e. The number of hydrogen-bond acceptors (Lipinski definition) is 4. The number of carbonyl (C=O) groups is 1. The fraction of sp³-hybridized carbons (Fsp3) is 0.684. The molecule has 25 heavy (non-hydrogen) atoms. The lowest BCUT2D eigenvalue weighted by Crippen LogP contribution is -2.41. The molecule has 0 radical (unpaired) electrons. The van der Waals surface area contributed by atoms with E-state index in [1.54, 1.807) is 0 Å². The van der Waals surface area contributed by atoms with Crippen LogP contribution in [-0.4, -0.2) is 64.4 Å². The smallest absolute Gasteiger partial charge is 0.228 e. The zero-order valence-corrected chi connectivity index (χ0v) is 15.5. The third-order valence-corrected chi connectivity index (χ3v) is 5.21. The first-order valence-electron chi connectivity index (χ1n) is 9.38. The number of rotatable bonds is 5. The molecule has 0 unspecified atom stereocenters. The van der Waals surface area contributed by atoms with E-state index >= 15 is 0 Å². The number of aromatic nitrogens is 2. The van der Waals surface area contributed by atoms with Gasteiger partial charge in [0.15, 0.2) is 0 Å². The van der Waals surface area contributed by atoms with Crippen LogP contribution >= 0.6 is 0 Å². The monoisotopic (exact) mass is 346 g/mol. The van der Waals surface area contributed by atoms with Gasteiger partial charge in [-0.05, 0) is 26.7 Å². The van der Waals surface area contributed by atoms with Gasteiger partial charge in [0.05, 0.1) is 18.2 Å². The van der Waals surface area contributed by atoms with Gasteiger partial charge in [0.25, 0.3) is 0 Å². The molecule has 6 nitrogen and oxygen atoms in total. The van der Waals surface area contributed by atoms with Crippen LogP contribution in [0.1, 0.15) is 32.3 Å². The van der Waals surface area contributed by atoms with Crippen LogP contribution in [0.5, 0.6) is 0 Å². The molecule has 138 valence electrons. The van der Waals surface area contributed by atoms with E-state index < -0.39 is 0 Å². The fourth-order valence-corrected chi connectivity index (χ4v) is 3.83. The van der Waals surface area contributed by atoms with Crippen LogP contribution < -0.4 is 0 Å². The average Bonchev–Trinajstić information content (AvgIpc) is 3.20. The van der Waals surface area contributed by atoms with E-state index in [9.17, 15) is 4.79 Å². The molecule has 0 bridgehead atoms. The number of hydrogen-bond donors (Lipinski definition) is 0. The van der Waals surface area contributed by atoms with Crippen molar-refractivity contribution in [3.63, 3.8) is 0 Å². The van der Waals surface area contributed by atoms with Crippen LogP contribution in [-0.2, 0) is 22.6 Å². The molecular formula is C19H30N4O2. The summed E-state index contributed by atoms with van der Waals surface area (Å²) in [5.41, 5.74) is 2.20. The number of carbonyl (C=O) groups excluding carboxylic acids is 1. The van der Waals surface area contributed by atoms with Crippen molar-refractivity contribution < 1.29 is 9.53 Å². The first kappa shape index (κ1) is 18.1. The lowest BCUT2D eigenvalue weighted by molar-refractivity contribution is -0.136. The quantitative estimate of drug-likeness (QED) is 0.765. The summed E-state index contributed by atoms with van der Waals surface area (Å²) in [5.74, 6) is 0.193. The number of nitrogens with zero attached hydrogens (tertiary/aromatic N) is 4. The Balaban J connectivity index is 1.55. The van der Waals surface area contributed by atoms with Gasteiger partial charge >= 0.3 is 0 Å². The van der Waals surface area contributed by atoms with Crippen molar-refractivity contribution in [1.82, 2.24) is 19.6 Å². The molecule has 2 fully saturated rings. The van der Waals surface area contributed by atoms with E-state index in [2.05, 4.69) is 29.7 Å². The lowest BCUT2D eigenvalue weighted by Gasteiger charge is -2.27. The van der Waals surface area contributed by atoms with Gasteiger partial charge in [-0.3, -0.25) is 14.4 Å². The minimum Gasteiger partial charge on any atom is -0.373 e. The first-order valence-corrected chi connectivity index (χ1v) is 9.38. The molecule has 1 aromatic heterocycles. The molecular weight excluding hydrogens is 316 g/mol.